The summed E-state index contributed by atoms with van der Waals surface area (Å²) in [6.45, 7) is 3.62. The molecule has 0 amide bonds. The lowest BCUT2D eigenvalue weighted by molar-refractivity contribution is -0.116. The monoisotopic (exact) mass is 270 g/mol. The number of benzene rings is 1. The van der Waals surface area contributed by atoms with Gasteiger partial charge in [-0.2, -0.15) is 0 Å². The molecule has 0 radical (unpaired) electrons. The fraction of sp³-hybridized carbons (Fsp3) is 0.417. The summed E-state index contributed by atoms with van der Waals surface area (Å²) >= 11 is 3.33. The number of aryl methyl sites for hydroxylation is 1. The van der Waals surface area contributed by atoms with Crippen molar-refractivity contribution in [2.45, 2.75) is 31.7 Å². The van der Waals surface area contributed by atoms with E-state index < -0.39 is 0 Å². The van der Waals surface area contributed by atoms with Crippen molar-refractivity contribution in [1.29, 1.82) is 0 Å². The van der Waals surface area contributed by atoms with Crippen LogP contribution < -0.4 is 0 Å². The van der Waals surface area contributed by atoms with Crippen molar-refractivity contribution >= 4 is 21.7 Å². The van der Waals surface area contributed by atoms with Crippen LogP contribution in [0.3, 0.4) is 0 Å². The molecule has 0 aliphatic heterocycles. The van der Waals surface area contributed by atoms with Gasteiger partial charge in [0, 0.05) is 0 Å². The Morgan fingerprint density at radius 1 is 1.47 bits per heavy atom. The van der Waals surface area contributed by atoms with Crippen molar-refractivity contribution in [3.05, 3.63) is 34.9 Å². The van der Waals surface area contributed by atoms with Crippen LogP contribution in [0.2, 0.25) is 0 Å². The molecule has 1 unspecified atom stereocenters. The van der Waals surface area contributed by atoms with Gasteiger partial charge in [0.25, 0.3) is 0 Å². The molecule has 82 valence electrons. The Balaban J connectivity index is 3.07. The van der Waals surface area contributed by atoms with Gasteiger partial charge in [-0.05, 0) is 30.0 Å². The number of aliphatic hydroxyl groups excluding tert-OH is 1. The highest BCUT2D eigenvalue weighted by atomic mass is 79.9. The van der Waals surface area contributed by atoms with Crippen molar-refractivity contribution in [1.82, 2.24) is 0 Å². The van der Waals surface area contributed by atoms with Gasteiger partial charge < -0.3 is 5.11 Å². The minimum atomic E-state index is -0.270. The number of carbonyl (C=O) groups is 1. The molecule has 1 atom stereocenters. The maximum Gasteiger partial charge on any atom is 0.147 e. The highest BCUT2D eigenvalue weighted by Gasteiger charge is 2.13. The average molecular weight is 271 g/mol. The number of carbonyl (C=O) groups excluding carboxylic acids is 1. The topological polar surface area (TPSA) is 37.3 Å². The molecule has 0 spiro atoms. The predicted octanol–water partition coefficient (Wildman–Crippen LogP) is 2.77. The Labute approximate surface area is 98.4 Å². The summed E-state index contributed by atoms with van der Waals surface area (Å²) < 4.78 is 0. The average Bonchev–Trinajstić information content (AvgIpc) is 2.26. The van der Waals surface area contributed by atoms with E-state index in [2.05, 4.69) is 15.9 Å². The summed E-state index contributed by atoms with van der Waals surface area (Å²) in [7, 11) is 0. The third kappa shape index (κ3) is 2.89. The minimum absolute atomic E-state index is 0.0225. The fourth-order valence-corrected chi connectivity index (χ4v) is 1.82. The normalized spacial score (nSPS) is 12.5. The van der Waals surface area contributed by atoms with Gasteiger partial charge in [-0.3, -0.25) is 4.79 Å². The maximum atomic E-state index is 11.2. The van der Waals surface area contributed by atoms with Crippen molar-refractivity contribution in [2.75, 3.05) is 0 Å². The molecular formula is C12H15BrO2. The molecule has 0 saturated carbocycles. The first kappa shape index (κ1) is 12.4. The highest BCUT2D eigenvalue weighted by Crippen LogP contribution is 2.26. The highest BCUT2D eigenvalue weighted by molar-refractivity contribution is 9.09. The van der Waals surface area contributed by atoms with E-state index in [0.29, 0.717) is 0 Å². The van der Waals surface area contributed by atoms with Crippen LogP contribution in [0, 0.1) is 0 Å². The number of hydrogen-bond acceptors (Lipinski definition) is 2. The minimum Gasteiger partial charge on any atom is -0.392 e. The van der Waals surface area contributed by atoms with Crippen LogP contribution in [0.5, 0.6) is 0 Å². The summed E-state index contributed by atoms with van der Waals surface area (Å²) in [5, 5.41) is 9.19. The second-order valence-electron chi connectivity index (χ2n) is 3.51. The van der Waals surface area contributed by atoms with E-state index in [1.54, 1.807) is 6.92 Å². The summed E-state index contributed by atoms with van der Waals surface area (Å²) in [6.07, 6.45) is 0.892. The van der Waals surface area contributed by atoms with Crippen molar-refractivity contribution in [3.8, 4) is 0 Å². The lowest BCUT2D eigenvalue weighted by Gasteiger charge is -2.11. The van der Waals surface area contributed by atoms with Crippen LogP contribution in [0.15, 0.2) is 18.2 Å². The summed E-state index contributed by atoms with van der Waals surface area (Å²) in [5.74, 6) is 0.0724. The van der Waals surface area contributed by atoms with Crippen molar-refractivity contribution in [3.63, 3.8) is 0 Å². The fourth-order valence-electron chi connectivity index (χ4n) is 1.53. The van der Waals surface area contributed by atoms with E-state index >= 15 is 0 Å². The first-order chi connectivity index (χ1) is 7.10. The Bertz CT molecular complexity index is 361. The second kappa shape index (κ2) is 5.42. The molecule has 1 aromatic carbocycles. The first-order valence-corrected chi connectivity index (χ1v) is 5.88. The van der Waals surface area contributed by atoms with Crippen LogP contribution in [0.1, 0.15) is 35.4 Å². The number of Topliss-reactive ketones (excluding diaryl/α,β-unsaturated/α-hetero) is 1. The van der Waals surface area contributed by atoms with Crippen molar-refractivity contribution < 1.29 is 9.90 Å². The Morgan fingerprint density at radius 3 is 2.60 bits per heavy atom. The Kier molecular flexibility index (Phi) is 4.48. The van der Waals surface area contributed by atoms with E-state index in [1.807, 2.05) is 25.1 Å². The third-order valence-corrected chi connectivity index (χ3v) is 3.60. The molecule has 3 heteroatoms. The smallest absolute Gasteiger partial charge is 0.147 e. The molecule has 15 heavy (non-hydrogen) atoms. The van der Waals surface area contributed by atoms with Crippen LogP contribution in [-0.2, 0) is 17.8 Å². The summed E-state index contributed by atoms with van der Waals surface area (Å²) in [6, 6.07) is 5.79. The molecule has 1 rings (SSSR count). The number of rotatable bonds is 4. The number of hydrogen-bond donors (Lipinski definition) is 1. The quantitative estimate of drug-likeness (QED) is 0.855. The zero-order chi connectivity index (χ0) is 11.4. The zero-order valence-corrected chi connectivity index (χ0v) is 10.5. The predicted molar refractivity (Wildman–Crippen MR) is 64.1 cm³/mol. The molecule has 0 aromatic heterocycles. The number of alkyl halides is 1. The zero-order valence-electron chi connectivity index (χ0n) is 8.96. The molecule has 0 saturated heterocycles. The molecular weight excluding hydrogens is 256 g/mol. The largest absolute Gasteiger partial charge is 0.392 e. The summed E-state index contributed by atoms with van der Waals surface area (Å²) in [5.41, 5.74) is 2.94. The van der Waals surface area contributed by atoms with E-state index in [4.69, 9.17) is 0 Å². The van der Waals surface area contributed by atoms with Crippen LogP contribution >= 0.6 is 15.9 Å². The van der Waals surface area contributed by atoms with Crippen LogP contribution in [-0.4, -0.2) is 10.9 Å². The third-order valence-electron chi connectivity index (χ3n) is 2.43. The first-order valence-electron chi connectivity index (χ1n) is 4.97. The Hall–Kier alpha value is -0.670. The second-order valence-corrected chi connectivity index (χ2v) is 4.43. The van der Waals surface area contributed by atoms with Crippen LogP contribution in [0.25, 0.3) is 0 Å². The van der Waals surface area contributed by atoms with Gasteiger partial charge in [-0.15, -0.1) is 0 Å². The Morgan fingerprint density at radius 2 is 2.13 bits per heavy atom. The van der Waals surface area contributed by atoms with E-state index in [0.717, 1.165) is 23.1 Å². The van der Waals surface area contributed by atoms with Gasteiger partial charge in [-0.1, -0.05) is 41.1 Å². The maximum absolute atomic E-state index is 11.2. The van der Waals surface area contributed by atoms with Gasteiger partial charge in [0.05, 0.1) is 11.4 Å². The van der Waals surface area contributed by atoms with Crippen molar-refractivity contribution in [2.24, 2.45) is 0 Å². The SMILES string of the molecule is CCc1ccc(C(Br)C(C)=O)cc1CO. The van der Waals surface area contributed by atoms with E-state index in [1.165, 1.54) is 0 Å². The summed E-state index contributed by atoms with van der Waals surface area (Å²) in [4.78, 5) is 10.9. The molecule has 1 aromatic rings. The van der Waals surface area contributed by atoms with E-state index in [-0.39, 0.29) is 17.2 Å². The van der Waals surface area contributed by atoms with Gasteiger partial charge in [0.15, 0.2) is 0 Å². The lowest BCUT2D eigenvalue weighted by Crippen LogP contribution is -2.03. The molecule has 0 bridgehead atoms. The molecule has 0 heterocycles. The molecule has 0 aliphatic rings. The van der Waals surface area contributed by atoms with Gasteiger partial charge in [0.2, 0.25) is 0 Å². The van der Waals surface area contributed by atoms with E-state index in [9.17, 15) is 9.90 Å². The molecule has 0 fully saturated rings. The lowest BCUT2D eigenvalue weighted by atomic mass is 10.00. The van der Waals surface area contributed by atoms with Crippen LogP contribution in [0.4, 0.5) is 0 Å². The van der Waals surface area contributed by atoms with Gasteiger partial charge in [-0.25, -0.2) is 0 Å². The van der Waals surface area contributed by atoms with Gasteiger partial charge in [0.1, 0.15) is 5.78 Å². The standard InChI is InChI=1S/C12H15BrO2/c1-3-9-4-5-10(6-11(9)7-14)12(13)8(2)15/h4-6,12,14H,3,7H2,1-2H3. The van der Waals surface area contributed by atoms with Gasteiger partial charge >= 0.3 is 0 Å². The number of ketones is 1. The molecule has 1 N–H and O–H groups in total. The molecule has 0 aliphatic carbocycles. The number of halogens is 1. The molecule has 2 nitrogen and oxygen atoms in total. The number of aliphatic hydroxyl groups is 1.